The van der Waals surface area contributed by atoms with Gasteiger partial charge in [0.05, 0.1) is 7.11 Å². The van der Waals surface area contributed by atoms with Gasteiger partial charge < -0.3 is 14.6 Å². The van der Waals surface area contributed by atoms with Crippen molar-refractivity contribution in [2.24, 2.45) is 5.41 Å². The SMILES string of the molecule is COc1c(C(C)C)cc(O)c2c1CC[C@@]1(C)C3=C(CC[C@]21C)C(=O)OC3. The van der Waals surface area contributed by atoms with Crippen LogP contribution >= 0.6 is 0 Å². The fraction of sp³-hybridized carbons (Fsp3) is 0.591. The number of esters is 1. The van der Waals surface area contributed by atoms with E-state index in [2.05, 4.69) is 27.7 Å². The first kappa shape index (κ1) is 17.4. The summed E-state index contributed by atoms with van der Waals surface area (Å²) in [5, 5.41) is 11.0. The maximum Gasteiger partial charge on any atom is 0.334 e. The smallest absolute Gasteiger partial charge is 0.334 e. The molecule has 1 N–H and O–H groups in total. The number of phenols is 1. The summed E-state index contributed by atoms with van der Waals surface area (Å²) in [7, 11) is 1.72. The average molecular weight is 356 g/mol. The average Bonchev–Trinajstić information content (AvgIpc) is 2.97. The van der Waals surface area contributed by atoms with Gasteiger partial charge in [0.2, 0.25) is 0 Å². The molecule has 0 aromatic heterocycles. The second-order valence-electron chi connectivity index (χ2n) is 8.72. The number of aromatic hydroxyl groups is 1. The molecule has 4 heteroatoms. The van der Waals surface area contributed by atoms with Crippen LogP contribution in [0.1, 0.15) is 69.6 Å². The lowest BCUT2D eigenvalue weighted by atomic mass is 9.48. The number of carbonyl (C=O) groups excluding carboxylic acids is 1. The molecule has 0 amide bonds. The summed E-state index contributed by atoms with van der Waals surface area (Å²) in [6.45, 7) is 9.13. The minimum Gasteiger partial charge on any atom is -0.508 e. The van der Waals surface area contributed by atoms with E-state index in [4.69, 9.17) is 9.47 Å². The van der Waals surface area contributed by atoms with E-state index < -0.39 is 0 Å². The molecular weight excluding hydrogens is 328 g/mol. The normalized spacial score (nSPS) is 30.0. The number of carbonyl (C=O) groups is 1. The molecule has 0 spiro atoms. The lowest BCUT2D eigenvalue weighted by Crippen LogP contribution is -2.49. The lowest BCUT2D eigenvalue weighted by molar-refractivity contribution is -0.136. The highest BCUT2D eigenvalue weighted by molar-refractivity contribution is 5.92. The zero-order valence-corrected chi connectivity index (χ0v) is 16.4. The number of benzene rings is 1. The maximum atomic E-state index is 12.1. The third-order valence-corrected chi connectivity index (χ3v) is 7.36. The van der Waals surface area contributed by atoms with Crippen LogP contribution in [0.5, 0.6) is 11.5 Å². The van der Waals surface area contributed by atoms with Crippen molar-refractivity contribution < 1.29 is 19.4 Å². The Morgan fingerprint density at radius 2 is 1.88 bits per heavy atom. The second kappa shape index (κ2) is 5.51. The van der Waals surface area contributed by atoms with Crippen molar-refractivity contribution in [2.45, 2.75) is 64.7 Å². The van der Waals surface area contributed by atoms with Gasteiger partial charge in [-0.1, -0.05) is 27.7 Å². The molecule has 140 valence electrons. The predicted octanol–water partition coefficient (Wildman–Crippen LogP) is 4.38. The molecular formula is C22H28O4. The van der Waals surface area contributed by atoms with E-state index in [1.54, 1.807) is 7.11 Å². The van der Waals surface area contributed by atoms with Gasteiger partial charge in [0.25, 0.3) is 0 Å². The fourth-order valence-electron chi connectivity index (χ4n) is 5.62. The van der Waals surface area contributed by atoms with Gasteiger partial charge in [-0.15, -0.1) is 0 Å². The summed E-state index contributed by atoms with van der Waals surface area (Å²) in [6.07, 6.45) is 3.32. The van der Waals surface area contributed by atoms with Crippen LogP contribution in [0, 0.1) is 5.41 Å². The topological polar surface area (TPSA) is 55.8 Å². The summed E-state index contributed by atoms with van der Waals surface area (Å²) in [4.78, 5) is 12.1. The highest BCUT2D eigenvalue weighted by Crippen LogP contribution is 2.63. The van der Waals surface area contributed by atoms with Gasteiger partial charge in [0.15, 0.2) is 0 Å². The first-order valence-corrected chi connectivity index (χ1v) is 9.57. The Bertz CT molecular complexity index is 835. The highest BCUT2D eigenvalue weighted by atomic mass is 16.5. The summed E-state index contributed by atoms with van der Waals surface area (Å²) < 4.78 is 11.2. The molecule has 1 aromatic rings. The Hall–Kier alpha value is -1.97. The minimum atomic E-state index is -0.236. The van der Waals surface area contributed by atoms with E-state index >= 15 is 0 Å². The van der Waals surface area contributed by atoms with Crippen LogP contribution in [0.3, 0.4) is 0 Å². The van der Waals surface area contributed by atoms with E-state index in [0.717, 1.165) is 52.8 Å². The summed E-state index contributed by atoms with van der Waals surface area (Å²) >= 11 is 0. The third-order valence-electron chi connectivity index (χ3n) is 7.36. The van der Waals surface area contributed by atoms with Crippen LogP contribution in [0.15, 0.2) is 17.2 Å². The van der Waals surface area contributed by atoms with Gasteiger partial charge >= 0.3 is 5.97 Å². The van der Waals surface area contributed by atoms with E-state index in [9.17, 15) is 9.90 Å². The Morgan fingerprint density at radius 3 is 2.54 bits per heavy atom. The monoisotopic (exact) mass is 356 g/mol. The highest BCUT2D eigenvalue weighted by Gasteiger charge is 2.57. The second-order valence-corrected chi connectivity index (χ2v) is 8.72. The summed E-state index contributed by atoms with van der Waals surface area (Å²) in [6, 6.07) is 1.89. The van der Waals surface area contributed by atoms with Gasteiger partial charge in [-0.05, 0) is 43.2 Å². The van der Waals surface area contributed by atoms with Gasteiger partial charge in [-0.2, -0.15) is 0 Å². The quantitative estimate of drug-likeness (QED) is 0.799. The molecule has 0 saturated heterocycles. The Kier molecular flexibility index (Phi) is 3.70. The molecule has 0 fully saturated rings. The van der Waals surface area contributed by atoms with Gasteiger partial charge in [-0.3, -0.25) is 0 Å². The third kappa shape index (κ3) is 1.99. The van der Waals surface area contributed by atoms with Gasteiger partial charge in [0, 0.05) is 33.1 Å². The first-order valence-electron chi connectivity index (χ1n) is 9.57. The first-order chi connectivity index (χ1) is 12.2. The lowest BCUT2D eigenvalue weighted by Gasteiger charge is -2.54. The maximum absolute atomic E-state index is 12.1. The van der Waals surface area contributed by atoms with Crippen molar-refractivity contribution >= 4 is 5.97 Å². The molecule has 26 heavy (non-hydrogen) atoms. The van der Waals surface area contributed by atoms with Crippen molar-refractivity contribution in [3.05, 3.63) is 33.9 Å². The molecule has 0 bridgehead atoms. The van der Waals surface area contributed by atoms with E-state index in [0.29, 0.717) is 18.8 Å². The standard InChI is InChI=1S/C22H28O4/c1-12(2)15-10-17(23)18-14(19(15)25-5)7-8-21(3)16-11-26-20(24)13(16)6-9-22(18,21)4/h10,12,23H,6-9,11H2,1-5H3/t21-,22+/m0/s1. The zero-order chi connectivity index (χ0) is 18.9. The van der Waals surface area contributed by atoms with Crippen LogP contribution in [0.4, 0.5) is 0 Å². The molecule has 4 nitrogen and oxygen atoms in total. The van der Waals surface area contributed by atoms with Crippen LogP contribution < -0.4 is 4.74 Å². The molecule has 4 rings (SSSR count). The van der Waals surface area contributed by atoms with Crippen molar-refractivity contribution in [3.63, 3.8) is 0 Å². The molecule has 3 aliphatic rings. The van der Waals surface area contributed by atoms with Crippen molar-refractivity contribution in [1.82, 2.24) is 0 Å². The van der Waals surface area contributed by atoms with Crippen molar-refractivity contribution in [1.29, 1.82) is 0 Å². The Balaban J connectivity index is 1.96. The Labute approximate surface area is 155 Å². The fourth-order valence-corrected chi connectivity index (χ4v) is 5.62. The number of methoxy groups -OCH3 is 1. The minimum absolute atomic E-state index is 0.147. The number of ether oxygens (including phenoxy) is 2. The summed E-state index contributed by atoms with van der Waals surface area (Å²) in [5.74, 6) is 1.43. The number of cyclic esters (lactones) is 1. The van der Waals surface area contributed by atoms with E-state index in [1.807, 2.05) is 6.07 Å². The molecule has 2 atom stereocenters. The van der Waals surface area contributed by atoms with Gasteiger partial charge in [-0.25, -0.2) is 4.79 Å². The molecule has 0 radical (unpaired) electrons. The zero-order valence-electron chi connectivity index (χ0n) is 16.4. The van der Waals surface area contributed by atoms with Crippen LogP contribution in [0.2, 0.25) is 0 Å². The number of fused-ring (bicyclic) bond motifs is 4. The van der Waals surface area contributed by atoms with Gasteiger partial charge in [0.1, 0.15) is 18.1 Å². The predicted molar refractivity (Wildman–Crippen MR) is 99.7 cm³/mol. The van der Waals surface area contributed by atoms with E-state index in [-0.39, 0.29) is 22.7 Å². The van der Waals surface area contributed by atoms with Crippen LogP contribution in [0.25, 0.3) is 0 Å². The largest absolute Gasteiger partial charge is 0.508 e. The van der Waals surface area contributed by atoms with Crippen molar-refractivity contribution in [3.8, 4) is 11.5 Å². The van der Waals surface area contributed by atoms with Crippen LogP contribution in [-0.2, 0) is 21.4 Å². The number of hydrogen-bond acceptors (Lipinski definition) is 4. The molecule has 2 aliphatic carbocycles. The molecule has 1 aromatic carbocycles. The number of phenolic OH excluding ortho intramolecular Hbond substituents is 1. The molecule has 1 heterocycles. The number of hydrogen-bond donors (Lipinski definition) is 1. The van der Waals surface area contributed by atoms with E-state index in [1.165, 1.54) is 0 Å². The molecule has 0 unspecified atom stereocenters. The Morgan fingerprint density at radius 1 is 1.19 bits per heavy atom. The summed E-state index contributed by atoms with van der Waals surface area (Å²) in [5.41, 5.74) is 4.82. The van der Waals surface area contributed by atoms with Crippen LogP contribution in [-0.4, -0.2) is 24.8 Å². The molecule has 0 saturated carbocycles. The number of rotatable bonds is 2. The molecule has 1 aliphatic heterocycles. The van der Waals surface area contributed by atoms with Crippen molar-refractivity contribution in [2.75, 3.05) is 13.7 Å².